The summed E-state index contributed by atoms with van der Waals surface area (Å²) in [6.45, 7) is 2.16. The zero-order chi connectivity index (χ0) is 12.3. The minimum absolute atomic E-state index is 0.0860. The molecule has 5 heteroatoms. The lowest BCUT2D eigenvalue weighted by atomic mass is 10.1. The van der Waals surface area contributed by atoms with Crippen molar-refractivity contribution >= 4 is 11.7 Å². The van der Waals surface area contributed by atoms with Crippen LogP contribution >= 0.6 is 0 Å². The lowest BCUT2D eigenvalue weighted by Crippen LogP contribution is -2.36. The summed E-state index contributed by atoms with van der Waals surface area (Å²) in [5, 5.41) is 12.2. The minimum atomic E-state index is -0.989. The van der Waals surface area contributed by atoms with Crippen molar-refractivity contribution in [2.45, 2.75) is 18.9 Å². The Morgan fingerprint density at radius 1 is 1.53 bits per heavy atom. The van der Waals surface area contributed by atoms with Crippen molar-refractivity contribution in [2.24, 2.45) is 0 Å². The van der Waals surface area contributed by atoms with Gasteiger partial charge in [-0.25, -0.2) is 9.78 Å². The van der Waals surface area contributed by atoms with Crippen LogP contribution in [0.2, 0.25) is 0 Å². The lowest BCUT2D eigenvalue weighted by Gasteiger charge is -2.30. The van der Waals surface area contributed by atoms with E-state index in [0.717, 1.165) is 31.6 Å². The fourth-order valence-electron chi connectivity index (χ4n) is 2.03. The van der Waals surface area contributed by atoms with E-state index in [2.05, 4.69) is 22.2 Å². The Hall–Kier alpha value is -1.62. The topological polar surface area (TPSA) is 65.5 Å². The molecule has 1 aliphatic rings. The predicted molar refractivity (Wildman–Crippen MR) is 65.3 cm³/mol. The molecule has 0 aromatic carbocycles. The third-order valence-electron chi connectivity index (χ3n) is 3.07. The van der Waals surface area contributed by atoms with Crippen LogP contribution in [0, 0.1) is 0 Å². The fourth-order valence-corrected chi connectivity index (χ4v) is 2.03. The maximum atomic E-state index is 10.8. The summed E-state index contributed by atoms with van der Waals surface area (Å²) in [4.78, 5) is 16.9. The first-order valence-electron chi connectivity index (χ1n) is 5.79. The quantitative estimate of drug-likeness (QED) is 0.826. The number of nitrogens with one attached hydrogen (secondary N) is 1. The normalized spacial score (nSPS) is 17.9. The Labute approximate surface area is 100 Å². The number of piperidine rings is 1. The van der Waals surface area contributed by atoms with Gasteiger partial charge in [0.05, 0.1) is 0 Å². The van der Waals surface area contributed by atoms with Gasteiger partial charge in [-0.2, -0.15) is 0 Å². The number of aromatic nitrogens is 1. The minimum Gasteiger partial charge on any atom is -0.477 e. The number of nitrogens with zero attached hydrogens (tertiary/aromatic N) is 2. The van der Waals surface area contributed by atoms with Crippen molar-refractivity contribution in [3.8, 4) is 0 Å². The fraction of sp³-hybridized carbons (Fsp3) is 0.500. The van der Waals surface area contributed by atoms with E-state index >= 15 is 0 Å². The van der Waals surface area contributed by atoms with Crippen LogP contribution in [0.25, 0.3) is 0 Å². The average molecular weight is 235 g/mol. The van der Waals surface area contributed by atoms with Gasteiger partial charge in [0, 0.05) is 17.9 Å². The van der Waals surface area contributed by atoms with Gasteiger partial charge >= 0.3 is 5.97 Å². The van der Waals surface area contributed by atoms with Crippen molar-refractivity contribution in [3.05, 3.63) is 24.0 Å². The third kappa shape index (κ3) is 3.17. The molecule has 92 valence electrons. The summed E-state index contributed by atoms with van der Waals surface area (Å²) < 4.78 is 0. The molecule has 2 N–H and O–H groups in total. The number of hydrogen-bond acceptors (Lipinski definition) is 4. The van der Waals surface area contributed by atoms with E-state index in [9.17, 15) is 4.79 Å². The van der Waals surface area contributed by atoms with E-state index < -0.39 is 5.97 Å². The van der Waals surface area contributed by atoms with Crippen LogP contribution in [0.3, 0.4) is 0 Å². The van der Waals surface area contributed by atoms with E-state index in [-0.39, 0.29) is 5.69 Å². The van der Waals surface area contributed by atoms with Crippen LogP contribution in [0.4, 0.5) is 5.69 Å². The highest BCUT2D eigenvalue weighted by atomic mass is 16.4. The number of carbonyl (C=O) groups is 1. The Bertz CT molecular complexity index is 400. The highest BCUT2D eigenvalue weighted by Crippen LogP contribution is 2.16. The van der Waals surface area contributed by atoms with Crippen LogP contribution < -0.4 is 5.32 Å². The van der Waals surface area contributed by atoms with Gasteiger partial charge in [0.1, 0.15) is 5.69 Å². The molecule has 1 aliphatic heterocycles. The zero-order valence-corrected chi connectivity index (χ0v) is 9.89. The maximum absolute atomic E-state index is 10.8. The second-order valence-corrected chi connectivity index (χ2v) is 4.46. The molecule has 0 amide bonds. The second kappa shape index (κ2) is 5.14. The van der Waals surface area contributed by atoms with Crippen LogP contribution in [0.15, 0.2) is 18.3 Å². The molecule has 1 fully saturated rings. The summed E-state index contributed by atoms with van der Waals surface area (Å²) in [5.41, 5.74) is 0.926. The van der Waals surface area contributed by atoms with Gasteiger partial charge in [0.25, 0.3) is 0 Å². The molecule has 17 heavy (non-hydrogen) atoms. The van der Waals surface area contributed by atoms with Gasteiger partial charge in [-0.1, -0.05) is 0 Å². The molecule has 1 saturated heterocycles. The summed E-state index contributed by atoms with van der Waals surface area (Å²) in [7, 11) is 2.12. The van der Waals surface area contributed by atoms with Gasteiger partial charge in [0.2, 0.25) is 0 Å². The molecule has 0 saturated carbocycles. The second-order valence-electron chi connectivity index (χ2n) is 4.46. The molecule has 1 aromatic heterocycles. The molecule has 5 nitrogen and oxygen atoms in total. The molecule has 0 bridgehead atoms. The lowest BCUT2D eigenvalue weighted by molar-refractivity contribution is 0.0690. The average Bonchev–Trinajstić information content (AvgIpc) is 2.32. The van der Waals surface area contributed by atoms with Crippen molar-refractivity contribution in [1.82, 2.24) is 9.88 Å². The van der Waals surface area contributed by atoms with E-state index in [0.29, 0.717) is 6.04 Å². The number of hydrogen-bond donors (Lipinski definition) is 2. The molecule has 0 atom stereocenters. The molecule has 0 spiro atoms. The molecule has 0 aliphatic carbocycles. The monoisotopic (exact) mass is 235 g/mol. The summed E-state index contributed by atoms with van der Waals surface area (Å²) >= 11 is 0. The number of anilines is 1. The maximum Gasteiger partial charge on any atom is 0.354 e. The van der Waals surface area contributed by atoms with E-state index in [4.69, 9.17) is 5.11 Å². The third-order valence-corrected chi connectivity index (χ3v) is 3.07. The highest BCUT2D eigenvalue weighted by molar-refractivity contribution is 5.86. The van der Waals surface area contributed by atoms with E-state index in [1.165, 1.54) is 6.20 Å². The number of aromatic carboxylic acids is 1. The highest BCUT2D eigenvalue weighted by Gasteiger charge is 2.16. The molecular formula is C12H17N3O2. The number of rotatable bonds is 3. The zero-order valence-electron chi connectivity index (χ0n) is 9.89. The molecule has 0 unspecified atom stereocenters. The number of carboxylic acids is 1. The number of pyridine rings is 1. The van der Waals surface area contributed by atoms with Crippen LogP contribution in [0.5, 0.6) is 0 Å². The summed E-state index contributed by atoms with van der Waals surface area (Å²) in [6.07, 6.45) is 3.70. The molecule has 1 aromatic rings. The number of carboxylic acid groups (broad SMARTS) is 1. The van der Waals surface area contributed by atoms with Gasteiger partial charge in [-0.05, 0) is 45.1 Å². The smallest absolute Gasteiger partial charge is 0.354 e. The van der Waals surface area contributed by atoms with Crippen LogP contribution in [0.1, 0.15) is 23.3 Å². The van der Waals surface area contributed by atoms with Gasteiger partial charge in [-0.3, -0.25) is 0 Å². The standard InChI is InChI=1S/C12H17N3O2/c1-15-6-3-9(4-7-15)14-10-2-5-13-11(8-10)12(16)17/h2,5,8-9H,3-4,6-7H2,1H3,(H,13,14)(H,16,17). The first kappa shape index (κ1) is 11.9. The van der Waals surface area contributed by atoms with Gasteiger partial charge in [-0.15, -0.1) is 0 Å². The largest absolute Gasteiger partial charge is 0.477 e. The van der Waals surface area contributed by atoms with Gasteiger partial charge in [0.15, 0.2) is 0 Å². The van der Waals surface area contributed by atoms with Crippen LogP contribution in [-0.2, 0) is 0 Å². The van der Waals surface area contributed by atoms with Crippen LogP contribution in [-0.4, -0.2) is 47.1 Å². The van der Waals surface area contributed by atoms with Crippen molar-refractivity contribution in [2.75, 3.05) is 25.5 Å². The Morgan fingerprint density at radius 3 is 2.88 bits per heavy atom. The first-order valence-corrected chi connectivity index (χ1v) is 5.79. The van der Waals surface area contributed by atoms with Gasteiger partial charge < -0.3 is 15.3 Å². The Morgan fingerprint density at radius 2 is 2.24 bits per heavy atom. The van der Waals surface area contributed by atoms with Crippen molar-refractivity contribution < 1.29 is 9.90 Å². The Balaban J connectivity index is 1.98. The summed E-state index contributed by atoms with van der Waals surface area (Å²) in [5.74, 6) is -0.989. The van der Waals surface area contributed by atoms with E-state index in [1.54, 1.807) is 6.07 Å². The van der Waals surface area contributed by atoms with Crippen molar-refractivity contribution in [3.63, 3.8) is 0 Å². The molecule has 2 heterocycles. The molecule has 0 radical (unpaired) electrons. The van der Waals surface area contributed by atoms with Crippen molar-refractivity contribution in [1.29, 1.82) is 0 Å². The number of likely N-dealkylation sites (tertiary alicyclic amines) is 1. The molecule has 2 rings (SSSR count). The predicted octanol–water partition coefficient (Wildman–Crippen LogP) is 1.29. The van der Waals surface area contributed by atoms with E-state index in [1.807, 2.05) is 6.07 Å². The first-order chi connectivity index (χ1) is 8.15. The Kier molecular flexibility index (Phi) is 3.58. The SMILES string of the molecule is CN1CCC(Nc2ccnc(C(=O)O)c2)CC1. The molecular weight excluding hydrogens is 218 g/mol. The summed E-state index contributed by atoms with van der Waals surface area (Å²) in [6, 6.07) is 3.82.